The molecule has 4 N–H and O–H groups in total. The number of benzene rings is 1. The maximum absolute atomic E-state index is 12.2. The molecule has 9 nitrogen and oxygen atoms in total. The number of nitrogens with one attached hydrogen (secondary N) is 2. The van der Waals surface area contributed by atoms with Gasteiger partial charge in [0.25, 0.3) is 0 Å². The molecule has 4 amide bonds. The lowest BCUT2D eigenvalue weighted by Crippen LogP contribution is -2.41. The van der Waals surface area contributed by atoms with Crippen molar-refractivity contribution in [3.8, 4) is 11.8 Å². The van der Waals surface area contributed by atoms with E-state index in [1.807, 2.05) is 6.92 Å². The summed E-state index contributed by atoms with van der Waals surface area (Å²) in [5.41, 5.74) is 0.419. The molecule has 1 saturated heterocycles. The summed E-state index contributed by atoms with van der Waals surface area (Å²) in [7, 11) is 0. The number of hydrogen-bond acceptors (Lipinski definition) is 5. The van der Waals surface area contributed by atoms with Gasteiger partial charge in [0.2, 0.25) is 23.6 Å². The lowest BCUT2D eigenvalue weighted by atomic mass is 10.1. The molecule has 0 spiro atoms. The van der Waals surface area contributed by atoms with Gasteiger partial charge in [-0.15, -0.1) is 0 Å². The van der Waals surface area contributed by atoms with Crippen molar-refractivity contribution in [3.63, 3.8) is 0 Å². The summed E-state index contributed by atoms with van der Waals surface area (Å²) < 4.78 is 1.10. The summed E-state index contributed by atoms with van der Waals surface area (Å²) in [5, 5.41) is 26.7. The number of rotatable bonds is 5. The minimum absolute atomic E-state index is 0.107. The van der Waals surface area contributed by atoms with Crippen LogP contribution < -0.4 is 10.6 Å². The largest absolute Gasteiger partial charge is 0.494 e. The Morgan fingerprint density at radius 2 is 2.14 bits per heavy atom. The zero-order valence-corrected chi connectivity index (χ0v) is 15.4. The van der Waals surface area contributed by atoms with Crippen molar-refractivity contribution >= 4 is 34.8 Å². The predicted molar refractivity (Wildman–Crippen MR) is 103 cm³/mol. The molecule has 1 aliphatic heterocycles. The van der Waals surface area contributed by atoms with E-state index < -0.39 is 18.0 Å². The first kappa shape index (κ1) is 19.4. The van der Waals surface area contributed by atoms with Gasteiger partial charge in [-0.2, -0.15) is 0 Å². The fourth-order valence-corrected chi connectivity index (χ4v) is 3.23. The Morgan fingerprint density at radius 1 is 1.36 bits per heavy atom. The van der Waals surface area contributed by atoms with Crippen molar-refractivity contribution in [1.82, 2.24) is 15.2 Å². The summed E-state index contributed by atoms with van der Waals surface area (Å²) in [5.74, 6) is -1.59. The van der Waals surface area contributed by atoms with E-state index in [-0.39, 0.29) is 35.9 Å². The van der Waals surface area contributed by atoms with Gasteiger partial charge in [-0.05, 0) is 18.9 Å². The quantitative estimate of drug-likeness (QED) is 0.354. The minimum atomic E-state index is -0.910. The highest BCUT2D eigenvalue weighted by Crippen LogP contribution is 2.41. The first-order valence-corrected chi connectivity index (χ1v) is 9.14. The van der Waals surface area contributed by atoms with Crippen LogP contribution in [0.25, 0.3) is 10.8 Å². The highest BCUT2D eigenvalue weighted by atomic mass is 16.3. The fourth-order valence-electron chi connectivity index (χ4n) is 3.23. The van der Waals surface area contributed by atoms with E-state index in [0.717, 1.165) is 17.4 Å². The third kappa shape index (κ3) is 3.68. The van der Waals surface area contributed by atoms with Gasteiger partial charge in [-0.1, -0.05) is 25.5 Å². The van der Waals surface area contributed by atoms with Gasteiger partial charge >= 0.3 is 6.03 Å². The van der Waals surface area contributed by atoms with Gasteiger partial charge in [-0.25, -0.2) is 9.79 Å². The Kier molecular flexibility index (Phi) is 5.62. The maximum Gasteiger partial charge on any atom is 0.340 e. The van der Waals surface area contributed by atoms with E-state index in [1.165, 1.54) is 6.21 Å². The Balaban J connectivity index is 1.95. The van der Waals surface area contributed by atoms with E-state index in [9.17, 15) is 24.6 Å². The number of fused-ring (bicyclic) bond motifs is 1. The normalized spacial score (nSPS) is 17.2. The van der Waals surface area contributed by atoms with Crippen LogP contribution in [-0.2, 0) is 9.59 Å². The van der Waals surface area contributed by atoms with E-state index in [2.05, 4.69) is 15.6 Å². The standard InChI is InChI=1S/C19H22N4O5/c1-2-3-9-20-19(28)21-10-11-5-4-6-12-15(11)18(27)23(17(12)26)13-7-8-14(24)22-16(13)25/h4-6,10,13,26-27H,2-3,7-9H2,1H3,(H,20,28)(H,22,24,25). The Hall–Kier alpha value is -3.36. The second kappa shape index (κ2) is 8.12. The maximum atomic E-state index is 12.2. The number of aromatic nitrogens is 1. The molecule has 0 aliphatic carbocycles. The number of amides is 4. The molecule has 0 radical (unpaired) electrons. The first-order valence-electron chi connectivity index (χ1n) is 9.14. The summed E-state index contributed by atoms with van der Waals surface area (Å²) in [6.07, 6.45) is 3.37. The van der Waals surface area contributed by atoms with E-state index in [4.69, 9.17) is 0 Å². The number of carbonyl (C=O) groups is 3. The van der Waals surface area contributed by atoms with Gasteiger partial charge in [0, 0.05) is 30.1 Å². The van der Waals surface area contributed by atoms with Gasteiger partial charge in [-0.3, -0.25) is 19.5 Å². The van der Waals surface area contributed by atoms with Crippen molar-refractivity contribution in [2.45, 2.75) is 38.6 Å². The number of hydrogen-bond donors (Lipinski definition) is 4. The molecule has 3 rings (SSSR count). The lowest BCUT2D eigenvalue weighted by Gasteiger charge is -2.23. The second-order valence-electron chi connectivity index (χ2n) is 6.60. The van der Waals surface area contributed by atoms with Crippen LogP contribution in [0.3, 0.4) is 0 Å². The summed E-state index contributed by atoms with van der Waals surface area (Å²) in [6.45, 7) is 2.54. The predicted octanol–water partition coefficient (Wildman–Crippen LogP) is 1.96. The molecule has 1 unspecified atom stereocenters. The number of unbranched alkanes of at least 4 members (excludes halogenated alkanes) is 1. The number of carbonyl (C=O) groups excluding carboxylic acids is 3. The molecule has 0 bridgehead atoms. The molecule has 0 saturated carbocycles. The third-order valence-corrected chi connectivity index (χ3v) is 4.67. The average molecular weight is 386 g/mol. The SMILES string of the molecule is CCCCNC(=O)N=Cc1cccc2c(O)n(C3CCC(=O)NC3=O)c(O)c12. The van der Waals surface area contributed by atoms with Crippen LogP contribution in [0.15, 0.2) is 23.2 Å². The van der Waals surface area contributed by atoms with Crippen molar-refractivity contribution < 1.29 is 24.6 Å². The van der Waals surface area contributed by atoms with Crippen molar-refractivity contribution in [2.75, 3.05) is 6.54 Å². The summed E-state index contributed by atoms with van der Waals surface area (Å²) in [6, 6.07) is 3.46. The van der Waals surface area contributed by atoms with Crippen molar-refractivity contribution in [2.24, 2.45) is 4.99 Å². The highest BCUT2D eigenvalue weighted by molar-refractivity contribution is 6.08. The lowest BCUT2D eigenvalue weighted by molar-refractivity contribution is -0.135. The molecule has 1 atom stereocenters. The number of aliphatic imine (C=N–C) groups is 1. The molecule has 28 heavy (non-hydrogen) atoms. The van der Waals surface area contributed by atoms with Gasteiger partial charge in [0.15, 0.2) is 0 Å². The number of piperidine rings is 1. The van der Waals surface area contributed by atoms with Gasteiger partial charge in [0.1, 0.15) is 6.04 Å². The first-order chi connectivity index (χ1) is 13.4. The fraction of sp³-hybridized carbons (Fsp3) is 0.368. The second-order valence-corrected chi connectivity index (χ2v) is 6.60. The molecular weight excluding hydrogens is 364 g/mol. The van der Waals surface area contributed by atoms with E-state index >= 15 is 0 Å². The van der Waals surface area contributed by atoms with Gasteiger partial charge < -0.3 is 15.5 Å². The Morgan fingerprint density at radius 3 is 2.86 bits per heavy atom. The molecule has 1 aliphatic rings. The van der Waals surface area contributed by atoms with E-state index in [1.54, 1.807) is 18.2 Å². The van der Waals surface area contributed by atoms with Crippen LogP contribution in [0.5, 0.6) is 11.8 Å². The van der Waals surface area contributed by atoms with Crippen LogP contribution in [0.2, 0.25) is 0 Å². The molecule has 1 aromatic carbocycles. The smallest absolute Gasteiger partial charge is 0.340 e. The summed E-state index contributed by atoms with van der Waals surface area (Å²) in [4.78, 5) is 39.2. The zero-order chi connectivity index (χ0) is 20.3. The number of nitrogens with zero attached hydrogens (tertiary/aromatic N) is 2. The van der Waals surface area contributed by atoms with Gasteiger partial charge in [0.05, 0.1) is 5.39 Å². The van der Waals surface area contributed by atoms with Crippen LogP contribution in [-0.4, -0.2) is 45.4 Å². The van der Waals surface area contributed by atoms with E-state index in [0.29, 0.717) is 17.5 Å². The summed E-state index contributed by atoms with van der Waals surface area (Å²) >= 11 is 0. The van der Waals surface area contributed by atoms with Crippen LogP contribution in [0.4, 0.5) is 4.79 Å². The number of imide groups is 1. The van der Waals surface area contributed by atoms with Crippen LogP contribution in [0.1, 0.15) is 44.2 Å². The highest BCUT2D eigenvalue weighted by Gasteiger charge is 2.33. The number of aromatic hydroxyl groups is 2. The zero-order valence-electron chi connectivity index (χ0n) is 15.4. The molecule has 1 aromatic heterocycles. The third-order valence-electron chi connectivity index (χ3n) is 4.67. The Labute approximate surface area is 161 Å². The van der Waals surface area contributed by atoms with Crippen molar-refractivity contribution in [3.05, 3.63) is 23.8 Å². The molecule has 1 fully saturated rings. The number of urea groups is 1. The van der Waals surface area contributed by atoms with Crippen LogP contribution >= 0.6 is 0 Å². The molecule has 9 heteroatoms. The minimum Gasteiger partial charge on any atom is -0.494 e. The molecule has 2 aromatic rings. The topological polar surface area (TPSA) is 133 Å². The molecule has 148 valence electrons. The molecule has 2 heterocycles. The average Bonchev–Trinajstić information content (AvgIpc) is 2.92. The Bertz CT molecular complexity index is 963. The van der Waals surface area contributed by atoms with Crippen LogP contribution in [0, 0.1) is 0 Å². The molecular formula is C19H22N4O5. The monoisotopic (exact) mass is 386 g/mol. The van der Waals surface area contributed by atoms with Crippen molar-refractivity contribution in [1.29, 1.82) is 0 Å².